The van der Waals surface area contributed by atoms with Crippen LogP contribution in [-0.2, 0) is 6.42 Å². The van der Waals surface area contributed by atoms with Crippen LogP contribution >= 0.6 is 11.3 Å². The van der Waals surface area contributed by atoms with Crippen molar-refractivity contribution >= 4 is 17.1 Å². The van der Waals surface area contributed by atoms with Crippen molar-refractivity contribution in [3.05, 3.63) is 69.7 Å². The van der Waals surface area contributed by atoms with Crippen LogP contribution in [-0.4, -0.2) is 29.1 Å². The predicted molar refractivity (Wildman–Crippen MR) is 118 cm³/mol. The third kappa shape index (κ3) is 5.74. The molecule has 0 radical (unpaired) electrons. The first-order valence-corrected chi connectivity index (χ1v) is 10.9. The molecular weight excluding hydrogens is 420 g/mol. The lowest BCUT2D eigenvalue weighted by molar-refractivity contribution is 0.0983. The van der Waals surface area contributed by atoms with Gasteiger partial charge in [0.05, 0.1) is 12.3 Å². The van der Waals surface area contributed by atoms with E-state index < -0.39 is 11.6 Å². The molecule has 31 heavy (non-hydrogen) atoms. The third-order valence-electron chi connectivity index (χ3n) is 4.81. The number of aryl methyl sites for hydroxylation is 2. The maximum Gasteiger partial charge on any atom is 0.163 e. The van der Waals surface area contributed by atoms with Crippen molar-refractivity contribution in [3.63, 3.8) is 0 Å². The van der Waals surface area contributed by atoms with Gasteiger partial charge in [0.25, 0.3) is 0 Å². The smallest absolute Gasteiger partial charge is 0.163 e. The zero-order valence-corrected chi connectivity index (χ0v) is 18.6. The van der Waals surface area contributed by atoms with Crippen molar-refractivity contribution in [2.75, 3.05) is 13.2 Å². The molecule has 0 aliphatic carbocycles. The van der Waals surface area contributed by atoms with E-state index >= 15 is 0 Å². The number of thiazole rings is 1. The van der Waals surface area contributed by atoms with Crippen LogP contribution in [0.4, 0.5) is 8.78 Å². The van der Waals surface area contributed by atoms with Crippen molar-refractivity contribution in [1.82, 2.24) is 4.98 Å². The molecule has 164 valence electrons. The van der Waals surface area contributed by atoms with Crippen LogP contribution in [0.1, 0.15) is 52.7 Å². The van der Waals surface area contributed by atoms with Gasteiger partial charge in [-0.05, 0) is 55.2 Å². The van der Waals surface area contributed by atoms with Gasteiger partial charge in [0, 0.05) is 28.5 Å². The van der Waals surface area contributed by atoms with Crippen LogP contribution in [0, 0.1) is 18.6 Å². The van der Waals surface area contributed by atoms with E-state index in [0.717, 1.165) is 22.2 Å². The first kappa shape index (κ1) is 23.0. The first-order valence-electron chi connectivity index (χ1n) is 10.1. The highest BCUT2D eigenvalue weighted by Gasteiger charge is 2.18. The van der Waals surface area contributed by atoms with Gasteiger partial charge in [-0.15, -0.1) is 11.3 Å². The number of aliphatic hydroxyl groups excluding tert-OH is 1. The zero-order chi connectivity index (χ0) is 22.5. The number of ether oxygens (including phenoxy) is 1. The Hall–Kier alpha value is -2.64. The summed E-state index contributed by atoms with van der Waals surface area (Å²) in [6.45, 7) is 6.00. The quantitative estimate of drug-likeness (QED) is 0.429. The molecule has 3 aromatic rings. The van der Waals surface area contributed by atoms with E-state index in [0.29, 0.717) is 34.7 Å². The fraction of sp³-hybridized carbons (Fsp3) is 0.333. The summed E-state index contributed by atoms with van der Waals surface area (Å²) in [6.07, 6.45) is 0.804. The Bertz CT molecular complexity index is 1060. The second-order valence-electron chi connectivity index (χ2n) is 7.62. The fourth-order valence-electron chi connectivity index (χ4n) is 3.31. The summed E-state index contributed by atoms with van der Waals surface area (Å²) < 4.78 is 32.7. The van der Waals surface area contributed by atoms with Crippen molar-refractivity contribution in [2.24, 2.45) is 0 Å². The molecule has 2 aromatic carbocycles. The number of hydrogen-bond donors (Lipinski definition) is 1. The fourth-order valence-corrected chi connectivity index (χ4v) is 4.51. The van der Waals surface area contributed by atoms with Crippen LogP contribution in [0.2, 0.25) is 0 Å². The van der Waals surface area contributed by atoms with Crippen LogP contribution in [0.15, 0.2) is 36.4 Å². The predicted octanol–water partition coefficient (Wildman–Crippen LogP) is 5.71. The van der Waals surface area contributed by atoms with Crippen LogP contribution in [0.5, 0.6) is 5.75 Å². The number of halogens is 2. The number of aliphatic hydroxyl groups is 1. The van der Waals surface area contributed by atoms with E-state index in [1.54, 1.807) is 18.2 Å². The molecule has 3 rings (SSSR count). The Labute approximate surface area is 184 Å². The largest absolute Gasteiger partial charge is 0.491 e. The second-order valence-corrected chi connectivity index (χ2v) is 8.70. The summed E-state index contributed by atoms with van der Waals surface area (Å²) >= 11 is 1.37. The minimum atomic E-state index is -0.644. The molecule has 0 saturated heterocycles. The Kier molecular flexibility index (Phi) is 7.51. The normalized spacial score (nSPS) is 11.2. The summed E-state index contributed by atoms with van der Waals surface area (Å²) in [4.78, 5) is 18.3. The molecule has 1 heterocycles. The molecular formula is C24H25F2NO3S. The molecule has 0 atom stereocenters. The van der Waals surface area contributed by atoms with E-state index in [1.165, 1.54) is 23.5 Å². The Morgan fingerprint density at radius 3 is 2.48 bits per heavy atom. The Morgan fingerprint density at radius 1 is 1.16 bits per heavy atom. The van der Waals surface area contributed by atoms with Gasteiger partial charge in [-0.25, -0.2) is 13.8 Å². The summed E-state index contributed by atoms with van der Waals surface area (Å²) in [5.41, 5.74) is 2.67. The molecule has 0 aliphatic rings. The lowest BCUT2D eigenvalue weighted by Gasteiger charge is -2.09. The van der Waals surface area contributed by atoms with Gasteiger partial charge in [0.15, 0.2) is 5.78 Å². The first-order chi connectivity index (χ1) is 14.8. The molecule has 1 aromatic heterocycles. The van der Waals surface area contributed by atoms with E-state index in [4.69, 9.17) is 9.84 Å². The number of nitrogens with zero attached hydrogens (tertiary/aromatic N) is 1. The summed E-state index contributed by atoms with van der Waals surface area (Å²) in [5.74, 6) is -0.524. The maximum absolute atomic E-state index is 13.6. The molecule has 0 unspecified atom stereocenters. The molecule has 7 heteroatoms. The van der Waals surface area contributed by atoms with Crippen molar-refractivity contribution in [1.29, 1.82) is 0 Å². The molecule has 0 bridgehead atoms. The maximum atomic E-state index is 13.6. The van der Waals surface area contributed by atoms with Crippen LogP contribution < -0.4 is 4.74 Å². The molecule has 1 N–H and O–H groups in total. The number of Topliss-reactive ketones (excluding diaryl/α,β-unsaturated/α-hetero) is 1. The van der Waals surface area contributed by atoms with Gasteiger partial charge in [-0.3, -0.25) is 4.79 Å². The zero-order valence-electron chi connectivity index (χ0n) is 17.7. The number of carbonyl (C=O) groups is 1. The highest BCUT2D eigenvalue weighted by Crippen LogP contribution is 2.33. The van der Waals surface area contributed by atoms with Gasteiger partial charge in [0.2, 0.25) is 0 Å². The van der Waals surface area contributed by atoms with Gasteiger partial charge in [0.1, 0.15) is 29.0 Å². The Morgan fingerprint density at radius 2 is 1.87 bits per heavy atom. The van der Waals surface area contributed by atoms with Crippen molar-refractivity contribution in [2.45, 2.75) is 39.5 Å². The van der Waals surface area contributed by atoms with Gasteiger partial charge >= 0.3 is 0 Å². The summed E-state index contributed by atoms with van der Waals surface area (Å²) in [5, 5.41) is 9.43. The van der Waals surface area contributed by atoms with E-state index in [1.807, 2.05) is 20.8 Å². The number of ketones is 1. The average molecular weight is 446 g/mol. The minimum absolute atomic E-state index is 0.00161. The van der Waals surface area contributed by atoms with Crippen LogP contribution in [0.3, 0.4) is 0 Å². The number of rotatable bonds is 9. The third-order valence-corrected chi connectivity index (χ3v) is 5.99. The monoisotopic (exact) mass is 445 g/mol. The topological polar surface area (TPSA) is 59.4 Å². The molecule has 0 aliphatic heterocycles. The van der Waals surface area contributed by atoms with E-state index in [-0.39, 0.29) is 24.9 Å². The second kappa shape index (κ2) is 10.1. The molecule has 0 saturated carbocycles. The van der Waals surface area contributed by atoms with Crippen molar-refractivity contribution < 1.29 is 23.4 Å². The lowest BCUT2D eigenvalue weighted by atomic mass is 10.0. The summed E-state index contributed by atoms with van der Waals surface area (Å²) in [7, 11) is 0. The van der Waals surface area contributed by atoms with Crippen molar-refractivity contribution in [3.8, 4) is 16.3 Å². The van der Waals surface area contributed by atoms with E-state index in [2.05, 4.69) is 4.98 Å². The number of aromatic nitrogens is 1. The Balaban J connectivity index is 1.77. The highest BCUT2D eigenvalue weighted by atomic mass is 32.1. The number of benzene rings is 2. The number of hydrogen-bond acceptors (Lipinski definition) is 5. The van der Waals surface area contributed by atoms with Gasteiger partial charge in [-0.1, -0.05) is 13.8 Å². The molecule has 0 amide bonds. The van der Waals surface area contributed by atoms with Crippen LogP contribution in [0.25, 0.3) is 10.6 Å². The minimum Gasteiger partial charge on any atom is -0.491 e. The molecule has 0 fully saturated rings. The van der Waals surface area contributed by atoms with Gasteiger partial charge in [-0.2, -0.15) is 0 Å². The molecule has 0 spiro atoms. The summed E-state index contributed by atoms with van der Waals surface area (Å²) in [6, 6.07) is 8.61. The standard InChI is InChI=1S/C24H25F2NO3S/c1-14(2)23-22(31-24(27-23)17-11-18(25)13-19(26)12-17)7-5-20(29)16-4-6-21(15(3)10-16)30-9-8-28/h4,6,10-14,28H,5,7-9H2,1-3H3. The molecule has 4 nitrogen and oxygen atoms in total. The average Bonchev–Trinajstić information content (AvgIpc) is 3.15. The highest BCUT2D eigenvalue weighted by molar-refractivity contribution is 7.15. The SMILES string of the molecule is Cc1cc(C(=O)CCc2sc(-c3cc(F)cc(F)c3)nc2C(C)C)ccc1OCCO. The number of carbonyl (C=O) groups excluding carboxylic acids is 1. The van der Waals surface area contributed by atoms with E-state index in [9.17, 15) is 13.6 Å². The van der Waals surface area contributed by atoms with Gasteiger partial charge < -0.3 is 9.84 Å². The lowest BCUT2D eigenvalue weighted by Crippen LogP contribution is -2.05.